The van der Waals surface area contributed by atoms with E-state index in [0.29, 0.717) is 11.7 Å². The summed E-state index contributed by atoms with van der Waals surface area (Å²) in [5, 5.41) is 0. The second-order valence-electron chi connectivity index (χ2n) is 6.62. The van der Waals surface area contributed by atoms with Crippen LogP contribution in [0.5, 0.6) is 0 Å². The minimum absolute atomic E-state index is 0.157. The summed E-state index contributed by atoms with van der Waals surface area (Å²) in [6.07, 6.45) is 0.928. The summed E-state index contributed by atoms with van der Waals surface area (Å²) in [6, 6.07) is 6.13. The van der Waals surface area contributed by atoms with Crippen LogP contribution in [-0.2, 0) is 11.8 Å². The molecule has 108 valence electrons. The minimum atomic E-state index is 0.157. The van der Waals surface area contributed by atoms with E-state index in [1.54, 1.807) is 11.3 Å². The Balaban J connectivity index is 2.37. The predicted octanol–water partition coefficient (Wildman–Crippen LogP) is 4.28. The van der Waals surface area contributed by atoms with Crippen LogP contribution in [0.25, 0.3) is 10.7 Å². The molecule has 0 unspecified atom stereocenters. The second-order valence-corrected chi connectivity index (χ2v) is 7.70. The number of thiophene rings is 1. The first-order chi connectivity index (χ1) is 9.25. The monoisotopic (exact) mass is 289 g/mol. The van der Waals surface area contributed by atoms with E-state index in [4.69, 9.17) is 5.73 Å². The number of anilines is 1. The van der Waals surface area contributed by atoms with Crippen molar-refractivity contribution in [3.8, 4) is 10.7 Å². The van der Waals surface area contributed by atoms with Crippen molar-refractivity contribution in [3.63, 3.8) is 0 Å². The van der Waals surface area contributed by atoms with Gasteiger partial charge in [0.1, 0.15) is 5.82 Å². The van der Waals surface area contributed by atoms with Gasteiger partial charge in [-0.25, -0.2) is 9.97 Å². The first-order valence-electron chi connectivity index (χ1n) is 7.00. The maximum absolute atomic E-state index is 5.92. The number of nitrogens with two attached hydrogens (primary N) is 1. The summed E-state index contributed by atoms with van der Waals surface area (Å²) in [5.74, 6) is 1.86. The largest absolute Gasteiger partial charge is 0.384 e. The first-order valence-corrected chi connectivity index (χ1v) is 7.81. The van der Waals surface area contributed by atoms with Gasteiger partial charge in [0.15, 0.2) is 5.82 Å². The molecule has 0 saturated heterocycles. The molecule has 0 aliphatic carbocycles. The van der Waals surface area contributed by atoms with E-state index in [1.807, 2.05) is 6.07 Å². The van der Waals surface area contributed by atoms with Gasteiger partial charge in [0.05, 0.1) is 4.88 Å². The Morgan fingerprint density at radius 3 is 2.45 bits per heavy atom. The van der Waals surface area contributed by atoms with E-state index in [-0.39, 0.29) is 5.41 Å². The number of rotatable bonds is 3. The molecule has 3 nitrogen and oxygen atoms in total. The molecule has 0 spiro atoms. The van der Waals surface area contributed by atoms with Crippen molar-refractivity contribution in [1.82, 2.24) is 9.97 Å². The van der Waals surface area contributed by atoms with Crippen LogP contribution in [0, 0.1) is 5.92 Å². The van der Waals surface area contributed by atoms with Gasteiger partial charge in [-0.1, -0.05) is 34.6 Å². The Bertz CT molecular complexity index is 594. The number of nitrogen functional groups attached to an aromatic ring is 1. The average molecular weight is 289 g/mol. The lowest BCUT2D eigenvalue weighted by atomic mass is 9.95. The summed E-state index contributed by atoms with van der Waals surface area (Å²) in [7, 11) is 0. The molecule has 0 radical (unpaired) electrons. The molecule has 20 heavy (non-hydrogen) atoms. The highest BCUT2D eigenvalue weighted by atomic mass is 32.1. The zero-order valence-electron chi connectivity index (χ0n) is 12.9. The standard InChI is InChI=1S/C16H23N3S/c1-10(2)8-11-9-14(17)19-15(18-11)12-6-7-13(20-12)16(3,4)5/h6-7,9-10H,8H2,1-5H3,(H2,17,18,19). The van der Waals surface area contributed by atoms with Crippen LogP contribution in [0.2, 0.25) is 0 Å². The van der Waals surface area contributed by atoms with Gasteiger partial charge in [0, 0.05) is 16.6 Å². The highest BCUT2D eigenvalue weighted by Gasteiger charge is 2.17. The predicted molar refractivity (Wildman–Crippen MR) is 87.0 cm³/mol. The molecule has 0 fully saturated rings. The molecule has 0 aromatic carbocycles. The molecule has 0 bridgehead atoms. The lowest BCUT2D eigenvalue weighted by molar-refractivity contribution is 0.604. The third-order valence-corrected chi connectivity index (χ3v) is 4.49. The Kier molecular flexibility index (Phi) is 4.14. The van der Waals surface area contributed by atoms with Crippen molar-refractivity contribution in [2.75, 3.05) is 5.73 Å². The van der Waals surface area contributed by atoms with E-state index in [9.17, 15) is 0 Å². The summed E-state index contributed by atoms with van der Waals surface area (Å²) in [4.78, 5) is 11.5. The molecular weight excluding hydrogens is 266 g/mol. The summed E-state index contributed by atoms with van der Waals surface area (Å²) in [6.45, 7) is 11.0. The zero-order valence-corrected chi connectivity index (χ0v) is 13.7. The molecule has 2 N–H and O–H groups in total. The summed E-state index contributed by atoms with van der Waals surface area (Å²) in [5.41, 5.74) is 7.10. The number of hydrogen-bond acceptors (Lipinski definition) is 4. The van der Waals surface area contributed by atoms with Crippen LogP contribution in [0.4, 0.5) is 5.82 Å². The lowest BCUT2D eigenvalue weighted by Crippen LogP contribution is -2.07. The van der Waals surface area contributed by atoms with Crippen molar-refractivity contribution in [2.45, 2.75) is 46.5 Å². The van der Waals surface area contributed by atoms with Gasteiger partial charge in [0.25, 0.3) is 0 Å². The summed E-state index contributed by atoms with van der Waals surface area (Å²) >= 11 is 1.75. The van der Waals surface area contributed by atoms with E-state index in [1.165, 1.54) is 4.88 Å². The van der Waals surface area contributed by atoms with Crippen LogP contribution in [-0.4, -0.2) is 9.97 Å². The van der Waals surface area contributed by atoms with Crippen LogP contribution < -0.4 is 5.73 Å². The van der Waals surface area contributed by atoms with Gasteiger partial charge >= 0.3 is 0 Å². The summed E-state index contributed by atoms with van der Waals surface area (Å²) < 4.78 is 0. The highest BCUT2D eigenvalue weighted by molar-refractivity contribution is 7.15. The normalized spacial score (nSPS) is 12.1. The second kappa shape index (κ2) is 5.52. The molecule has 2 rings (SSSR count). The number of aromatic nitrogens is 2. The third-order valence-electron chi connectivity index (χ3n) is 2.98. The average Bonchev–Trinajstić information content (AvgIpc) is 2.75. The Morgan fingerprint density at radius 1 is 1.20 bits per heavy atom. The molecule has 2 aromatic heterocycles. The molecule has 2 heterocycles. The fourth-order valence-corrected chi connectivity index (χ4v) is 3.01. The van der Waals surface area contributed by atoms with Gasteiger partial charge in [-0.2, -0.15) is 0 Å². The van der Waals surface area contributed by atoms with Gasteiger partial charge in [-0.3, -0.25) is 0 Å². The maximum Gasteiger partial charge on any atom is 0.171 e. The van der Waals surface area contributed by atoms with Crippen molar-refractivity contribution < 1.29 is 0 Å². The van der Waals surface area contributed by atoms with Crippen LogP contribution in [0.1, 0.15) is 45.2 Å². The molecule has 4 heteroatoms. The Labute approximate surface area is 125 Å². The lowest BCUT2D eigenvalue weighted by Gasteiger charge is -2.15. The third kappa shape index (κ3) is 3.57. The Morgan fingerprint density at radius 2 is 1.90 bits per heavy atom. The van der Waals surface area contributed by atoms with E-state index < -0.39 is 0 Å². The minimum Gasteiger partial charge on any atom is -0.384 e. The quantitative estimate of drug-likeness (QED) is 0.917. The van der Waals surface area contributed by atoms with Crippen molar-refractivity contribution in [3.05, 3.63) is 28.8 Å². The van der Waals surface area contributed by atoms with Crippen LogP contribution in [0.3, 0.4) is 0 Å². The van der Waals surface area contributed by atoms with Gasteiger partial charge in [-0.05, 0) is 29.9 Å². The molecule has 0 amide bonds. The van der Waals surface area contributed by atoms with E-state index >= 15 is 0 Å². The number of nitrogens with zero attached hydrogens (tertiary/aromatic N) is 2. The zero-order chi connectivity index (χ0) is 14.9. The fraction of sp³-hybridized carbons (Fsp3) is 0.500. The SMILES string of the molecule is CC(C)Cc1cc(N)nc(-c2ccc(C(C)(C)C)s2)n1. The van der Waals surface area contributed by atoms with E-state index in [2.05, 4.69) is 56.7 Å². The molecule has 0 atom stereocenters. The van der Waals surface area contributed by atoms with Gasteiger partial charge < -0.3 is 5.73 Å². The van der Waals surface area contributed by atoms with Crippen molar-refractivity contribution >= 4 is 17.2 Å². The van der Waals surface area contributed by atoms with Crippen molar-refractivity contribution in [2.24, 2.45) is 5.92 Å². The molecule has 0 saturated carbocycles. The fourth-order valence-electron chi connectivity index (χ4n) is 2.01. The van der Waals surface area contributed by atoms with Gasteiger partial charge in [-0.15, -0.1) is 11.3 Å². The topological polar surface area (TPSA) is 51.8 Å². The van der Waals surface area contributed by atoms with Crippen LogP contribution in [0.15, 0.2) is 18.2 Å². The van der Waals surface area contributed by atoms with Crippen LogP contribution >= 0.6 is 11.3 Å². The molecule has 2 aromatic rings. The highest BCUT2D eigenvalue weighted by Crippen LogP contribution is 2.33. The van der Waals surface area contributed by atoms with Crippen molar-refractivity contribution in [1.29, 1.82) is 0 Å². The molecule has 0 aliphatic heterocycles. The molecular formula is C16H23N3S. The first kappa shape index (κ1) is 15.0. The van der Waals surface area contributed by atoms with Gasteiger partial charge in [0.2, 0.25) is 0 Å². The van der Waals surface area contributed by atoms with E-state index in [0.717, 1.165) is 22.8 Å². The smallest absolute Gasteiger partial charge is 0.171 e. The molecule has 0 aliphatic rings. The number of hydrogen-bond donors (Lipinski definition) is 1. The maximum atomic E-state index is 5.92. The Hall–Kier alpha value is -1.42.